The minimum absolute atomic E-state index is 0.324. The van der Waals surface area contributed by atoms with Crippen LogP contribution in [-0.4, -0.2) is 31.6 Å². The first kappa shape index (κ1) is 15.8. The first-order valence-corrected chi connectivity index (χ1v) is 7.73. The van der Waals surface area contributed by atoms with E-state index in [1.807, 2.05) is 0 Å². The maximum Gasteiger partial charge on any atom is 0.304 e. The third kappa shape index (κ3) is 3.04. The fourth-order valence-electron chi connectivity index (χ4n) is 2.14. The molecule has 116 valence electrons. The maximum atomic E-state index is 13.6. The summed E-state index contributed by atoms with van der Waals surface area (Å²) < 4.78 is 45.9. The van der Waals surface area contributed by atoms with Gasteiger partial charge in [0.25, 0.3) is 0 Å². The molecule has 1 aliphatic rings. The standard InChI is InChI=1S/C12H15FN2O5S/c1-8-12(2,5-6-20-8)14-21(18,19)9-3-4-11(15(16)17)10(13)7-9/h3-4,7-8,14H,5-6H2,1-2H3. The molecule has 9 heteroatoms. The number of sulfonamides is 1. The number of nitro groups is 1. The van der Waals surface area contributed by atoms with Gasteiger partial charge in [0.1, 0.15) is 0 Å². The average Bonchev–Trinajstić information content (AvgIpc) is 2.67. The predicted octanol–water partition coefficient (Wildman–Crippen LogP) is 1.58. The van der Waals surface area contributed by atoms with Crippen molar-refractivity contribution < 1.29 is 22.5 Å². The number of hydrogen-bond acceptors (Lipinski definition) is 5. The normalized spacial score (nSPS) is 26.0. The van der Waals surface area contributed by atoms with Crippen molar-refractivity contribution in [2.24, 2.45) is 0 Å². The van der Waals surface area contributed by atoms with Crippen LogP contribution in [0.5, 0.6) is 0 Å². The molecule has 1 N–H and O–H groups in total. The highest BCUT2D eigenvalue weighted by Gasteiger charge is 2.40. The second-order valence-corrected chi connectivity index (χ2v) is 6.84. The van der Waals surface area contributed by atoms with Crippen molar-refractivity contribution in [2.75, 3.05) is 6.61 Å². The summed E-state index contributed by atoms with van der Waals surface area (Å²) in [4.78, 5) is 9.27. The van der Waals surface area contributed by atoms with E-state index in [-0.39, 0.29) is 11.0 Å². The Hall–Kier alpha value is -1.58. The van der Waals surface area contributed by atoms with Crippen molar-refractivity contribution >= 4 is 15.7 Å². The van der Waals surface area contributed by atoms with Gasteiger partial charge < -0.3 is 4.74 Å². The van der Waals surface area contributed by atoms with Crippen molar-refractivity contribution in [3.8, 4) is 0 Å². The van der Waals surface area contributed by atoms with Gasteiger partial charge in [0.15, 0.2) is 0 Å². The van der Waals surface area contributed by atoms with E-state index in [2.05, 4.69) is 4.72 Å². The molecule has 0 bridgehead atoms. The molecular weight excluding hydrogens is 303 g/mol. The molecule has 21 heavy (non-hydrogen) atoms. The number of nitrogens with zero attached hydrogens (tertiary/aromatic N) is 1. The molecule has 1 aliphatic heterocycles. The number of hydrogen-bond donors (Lipinski definition) is 1. The van der Waals surface area contributed by atoms with Crippen LogP contribution in [0, 0.1) is 15.9 Å². The van der Waals surface area contributed by atoms with Crippen LogP contribution >= 0.6 is 0 Å². The van der Waals surface area contributed by atoms with Crippen LogP contribution in [-0.2, 0) is 14.8 Å². The molecule has 0 radical (unpaired) electrons. The summed E-state index contributed by atoms with van der Waals surface area (Å²) >= 11 is 0. The molecule has 7 nitrogen and oxygen atoms in total. The Kier molecular flexibility index (Phi) is 4.00. The van der Waals surface area contributed by atoms with Crippen molar-refractivity contribution in [2.45, 2.75) is 36.8 Å². The molecule has 1 aromatic carbocycles. The van der Waals surface area contributed by atoms with Gasteiger partial charge in [-0.1, -0.05) is 0 Å². The Balaban J connectivity index is 2.32. The van der Waals surface area contributed by atoms with Gasteiger partial charge in [-0.2, -0.15) is 4.39 Å². The first-order valence-electron chi connectivity index (χ1n) is 6.25. The number of benzene rings is 1. The largest absolute Gasteiger partial charge is 0.376 e. The highest BCUT2D eigenvalue weighted by Crippen LogP contribution is 2.28. The van der Waals surface area contributed by atoms with Crippen molar-refractivity contribution in [1.29, 1.82) is 0 Å². The molecule has 2 rings (SSSR count). The Morgan fingerprint density at radius 3 is 2.67 bits per heavy atom. The zero-order valence-corrected chi connectivity index (χ0v) is 12.3. The smallest absolute Gasteiger partial charge is 0.304 e. The minimum Gasteiger partial charge on any atom is -0.376 e. The van der Waals surface area contributed by atoms with Gasteiger partial charge in [-0.25, -0.2) is 13.1 Å². The molecule has 0 aliphatic carbocycles. The Morgan fingerprint density at radius 1 is 1.52 bits per heavy atom. The van der Waals surface area contributed by atoms with Crippen LogP contribution < -0.4 is 4.72 Å². The lowest BCUT2D eigenvalue weighted by atomic mass is 9.97. The number of nitrogens with one attached hydrogen (secondary N) is 1. The molecule has 1 heterocycles. The predicted molar refractivity (Wildman–Crippen MR) is 71.8 cm³/mol. The molecule has 0 saturated carbocycles. The number of nitro benzene ring substituents is 1. The third-order valence-corrected chi connectivity index (χ3v) is 5.29. The number of rotatable bonds is 4. The third-order valence-electron chi connectivity index (χ3n) is 3.68. The molecule has 0 amide bonds. The average molecular weight is 318 g/mol. The van der Waals surface area contributed by atoms with Crippen molar-refractivity contribution in [1.82, 2.24) is 4.72 Å². The highest BCUT2D eigenvalue weighted by molar-refractivity contribution is 7.89. The fraction of sp³-hybridized carbons (Fsp3) is 0.500. The molecule has 2 unspecified atom stereocenters. The first-order chi connectivity index (χ1) is 9.66. The van der Waals surface area contributed by atoms with E-state index in [1.54, 1.807) is 13.8 Å². The summed E-state index contributed by atoms with van der Waals surface area (Å²) in [7, 11) is -3.99. The SMILES string of the molecule is CC1OCCC1(C)NS(=O)(=O)c1ccc([N+](=O)[O-])c(F)c1. The van der Waals surface area contributed by atoms with Crippen molar-refractivity contribution in [3.63, 3.8) is 0 Å². The van der Waals surface area contributed by atoms with Gasteiger partial charge in [0, 0.05) is 18.7 Å². The quantitative estimate of drug-likeness (QED) is 0.671. The van der Waals surface area contributed by atoms with Gasteiger partial charge in [0.2, 0.25) is 15.8 Å². The minimum atomic E-state index is -3.99. The van der Waals surface area contributed by atoms with Gasteiger partial charge in [-0.3, -0.25) is 10.1 Å². The van der Waals surface area contributed by atoms with Crippen LogP contribution in [0.3, 0.4) is 0 Å². The summed E-state index contributed by atoms with van der Waals surface area (Å²) in [5.41, 5.74) is -1.56. The summed E-state index contributed by atoms with van der Waals surface area (Å²) in [6.45, 7) is 3.87. The molecule has 1 fully saturated rings. The van der Waals surface area contributed by atoms with Crippen LogP contribution in [0.25, 0.3) is 0 Å². The second kappa shape index (κ2) is 5.32. The van der Waals surface area contributed by atoms with Gasteiger partial charge in [-0.05, 0) is 26.3 Å². The maximum absolute atomic E-state index is 13.6. The lowest BCUT2D eigenvalue weighted by Gasteiger charge is -2.28. The molecule has 1 saturated heterocycles. The molecule has 0 aromatic heterocycles. The van der Waals surface area contributed by atoms with Crippen molar-refractivity contribution in [3.05, 3.63) is 34.1 Å². The zero-order valence-electron chi connectivity index (χ0n) is 11.5. The summed E-state index contributed by atoms with van der Waals surface area (Å²) in [6, 6.07) is 2.48. The van der Waals surface area contributed by atoms with E-state index in [0.29, 0.717) is 19.1 Å². The number of ether oxygens (including phenoxy) is 1. The van der Waals surface area contributed by atoms with E-state index in [9.17, 15) is 22.9 Å². The van der Waals surface area contributed by atoms with Gasteiger partial charge in [-0.15, -0.1) is 0 Å². The highest BCUT2D eigenvalue weighted by atomic mass is 32.2. The lowest BCUT2D eigenvalue weighted by Crippen LogP contribution is -2.50. The Bertz CT molecular complexity index is 678. The summed E-state index contributed by atoms with van der Waals surface area (Å²) in [5, 5.41) is 10.5. The molecule has 1 aromatic rings. The number of halogens is 1. The van der Waals surface area contributed by atoms with E-state index in [1.165, 1.54) is 0 Å². The Morgan fingerprint density at radius 2 is 2.19 bits per heavy atom. The topological polar surface area (TPSA) is 98.5 Å². The zero-order chi connectivity index (χ0) is 15.8. The van der Waals surface area contributed by atoms with E-state index in [4.69, 9.17) is 4.74 Å². The monoisotopic (exact) mass is 318 g/mol. The van der Waals surface area contributed by atoms with Crippen LogP contribution in [0.15, 0.2) is 23.1 Å². The molecule has 0 spiro atoms. The second-order valence-electron chi connectivity index (χ2n) is 5.16. The summed E-state index contributed by atoms with van der Waals surface area (Å²) in [6.07, 6.45) is 0.165. The van der Waals surface area contributed by atoms with E-state index < -0.39 is 32.0 Å². The lowest BCUT2D eigenvalue weighted by molar-refractivity contribution is -0.387. The van der Waals surface area contributed by atoms with Crippen LogP contribution in [0.4, 0.5) is 10.1 Å². The molecule has 2 atom stereocenters. The van der Waals surface area contributed by atoms with Crippen LogP contribution in [0.1, 0.15) is 20.3 Å². The van der Waals surface area contributed by atoms with E-state index >= 15 is 0 Å². The summed E-state index contributed by atoms with van der Waals surface area (Å²) in [5.74, 6) is -1.19. The van der Waals surface area contributed by atoms with Crippen LogP contribution in [0.2, 0.25) is 0 Å². The van der Waals surface area contributed by atoms with Gasteiger partial charge in [0.05, 0.1) is 21.5 Å². The van der Waals surface area contributed by atoms with E-state index in [0.717, 1.165) is 12.1 Å². The fourth-order valence-corrected chi connectivity index (χ4v) is 3.64. The van der Waals surface area contributed by atoms with Gasteiger partial charge >= 0.3 is 5.69 Å². The molecular formula is C12H15FN2O5S. The Labute approximate surface area is 121 Å².